The maximum absolute atomic E-state index is 12.8. The smallest absolute Gasteiger partial charge is 0.238 e. The van der Waals surface area contributed by atoms with Gasteiger partial charge in [-0.2, -0.15) is 0 Å². The summed E-state index contributed by atoms with van der Waals surface area (Å²) < 4.78 is 23.1. The molecule has 0 saturated carbocycles. The van der Waals surface area contributed by atoms with E-state index in [1.165, 1.54) is 23.1 Å². The van der Waals surface area contributed by atoms with Gasteiger partial charge in [0.15, 0.2) is 0 Å². The Morgan fingerprint density at radius 2 is 1.85 bits per heavy atom. The van der Waals surface area contributed by atoms with Crippen molar-refractivity contribution >= 4 is 27.5 Å². The quantitative estimate of drug-likeness (QED) is 0.760. The van der Waals surface area contributed by atoms with E-state index in [9.17, 15) is 18.0 Å². The minimum absolute atomic E-state index is 0.0244. The number of carbonyl (C=O) groups is 2. The third kappa shape index (κ3) is 3.89. The topological polar surface area (TPSA) is 113 Å². The van der Waals surface area contributed by atoms with E-state index in [0.29, 0.717) is 18.8 Å². The molecular formula is C17H24N4O4S. The Bertz CT molecular complexity index is 816. The molecular weight excluding hydrogens is 356 g/mol. The SMILES string of the molecule is C[C@@H]1CN(C(=O)[C@@H]2CC(=O)N(c3cccc(S(N)(=O)=O)c3)C2)C[C@@H](C)N1. The largest absolute Gasteiger partial charge is 0.339 e. The normalized spacial score (nSPS) is 27.0. The van der Waals surface area contributed by atoms with Crippen LogP contribution in [0.25, 0.3) is 0 Å². The lowest BCUT2D eigenvalue weighted by molar-refractivity contribution is -0.137. The van der Waals surface area contributed by atoms with Crippen molar-refractivity contribution in [3.05, 3.63) is 24.3 Å². The Morgan fingerprint density at radius 3 is 2.46 bits per heavy atom. The Balaban J connectivity index is 1.76. The molecule has 2 aliphatic rings. The number of anilines is 1. The van der Waals surface area contributed by atoms with Gasteiger partial charge in [0.2, 0.25) is 21.8 Å². The lowest BCUT2D eigenvalue weighted by Gasteiger charge is -2.37. The molecule has 2 amide bonds. The van der Waals surface area contributed by atoms with Gasteiger partial charge >= 0.3 is 0 Å². The fourth-order valence-electron chi connectivity index (χ4n) is 3.72. The highest BCUT2D eigenvalue weighted by Gasteiger charge is 2.38. The molecule has 2 fully saturated rings. The maximum Gasteiger partial charge on any atom is 0.238 e. The number of benzene rings is 1. The molecule has 1 aromatic rings. The van der Waals surface area contributed by atoms with E-state index in [1.807, 2.05) is 18.7 Å². The molecule has 2 saturated heterocycles. The van der Waals surface area contributed by atoms with Gasteiger partial charge in [0.05, 0.1) is 10.8 Å². The highest BCUT2D eigenvalue weighted by atomic mass is 32.2. The molecule has 1 aromatic carbocycles. The number of nitrogens with zero attached hydrogens (tertiary/aromatic N) is 2. The van der Waals surface area contributed by atoms with Gasteiger partial charge in [0.25, 0.3) is 0 Å². The van der Waals surface area contributed by atoms with Gasteiger partial charge in [-0.15, -0.1) is 0 Å². The monoisotopic (exact) mass is 380 g/mol. The highest BCUT2D eigenvalue weighted by Crippen LogP contribution is 2.28. The maximum atomic E-state index is 12.8. The molecule has 0 aliphatic carbocycles. The number of piperazine rings is 1. The Labute approximate surface area is 153 Å². The summed E-state index contributed by atoms with van der Waals surface area (Å²) in [5, 5.41) is 8.54. The summed E-state index contributed by atoms with van der Waals surface area (Å²) in [5.74, 6) is -0.632. The van der Waals surface area contributed by atoms with Crippen molar-refractivity contribution < 1.29 is 18.0 Å². The molecule has 8 nitrogen and oxygen atoms in total. The lowest BCUT2D eigenvalue weighted by atomic mass is 10.0. The summed E-state index contributed by atoms with van der Waals surface area (Å²) in [6, 6.07) is 6.36. The van der Waals surface area contributed by atoms with Crippen molar-refractivity contribution in [2.75, 3.05) is 24.5 Å². The number of rotatable bonds is 3. The van der Waals surface area contributed by atoms with E-state index in [-0.39, 0.29) is 41.8 Å². The average Bonchev–Trinajstić information content (AvgIpc) is 2.94. The first-order valence-corrected chi connectivity index (χ1v) is 10.2. The van der Waals surface area contributed by atoms with Gasteiger partial charge in [-0.05, 0) is 32.0 Å². The van der Waals surface area contributed by atoms with Crippen molar-refractivity contribution in [3.8, 4) is 0 Å². The van der Waals surface area contributed by atoms with Crippen LogP contribution >= 0.6 is 0 Å². The van der Waals surface area contributed by atoms with Crippen LogP contribution in [0.1, 0.15) is 20.3 Å². The Kier molecular flexibility index (Phi) is 5.05. The van der Waals surface area contributed by atoms with Crippen molar-refractivity contribution in [2.24, 2.45) is 11.1 Å². The van der Waals surface area contributed by atoms with E-state index >= 15 is 0 Å². The first-order chi connectivity index (χ1) is 12.1. The number of nitrogens with two attached hydrogens (primary N) is 1. The standard InChI is InChI=1S/C17H24N4O4S/c1-11-8-20(9-12(2)19-11)17(23)13-6-16(22)21(10-13)14-4-3-5-15(7-14)26(18,24)25/h3-5,7,11-13,19H,6,8-10H2,1-2H3,(H2,18,24,25)/t11-,12-,13-/m1/s1. The average molecular weight is 380 g/mol. The predicted octanol–water partition coefficient (Wildman–Crippen LogP) is -0.104. The van der Waals surface area contributed by atoms with Gasteiger partial charge < -0.3 is 15.1 Å². The van der Waals surface area contributed by atoms with Crippen LogP contribution in [0.3, 0.4) is 0 Å². The summed E-state index contributed by atoms with van der Waals surface area (Å²) >= 11 is 0. The Hall–Kier alpha value is -1.97. The lowest BCUT2D eigenvalue weighted by Crippen LogP contribution is -2.57. The molecule has 0 bridgehead atoms. The molecule has 3 N–H and O–H groups in total. The van der Waals surface area contributed by atoms with Crippen LogP contribution in [-0.4, -0.2) is 56.9 Å². The molecule has 0 unspecified atom stereocenters. The van der Waals surface area contributed by atoms with Crippen LogP contribution < -0.4 is 15.4 Å². The van der Waals surface area contributed by atoms with E-state index < -0.39 is 15.9 Å². The number of primary sulfonamides is 1. The van der Waals surface area contributed by atoms with Crippen LogP contribution in [0, 0.1) is 5.92 Å². The second kappa shape index (κ2) is 6.98. The van der Waals surface area contributed by atoms with Crippen molar-refractivity contribution in [3.63, 3.8) is 0 Å². The van der Waals surface area contributed by atoms with Crippen molar-refractivity contribution in [2.45, 2.75) is 37.2 Å². The number of amides is 2. The highest BCUT2D eigenvalue weighted by molar-refractivity contribution is 7.89. The van der Waals surface area contributed by atoms with E-state index in [4.69, 9.17) is 5.14 Å². The molecule has 3 atom stereocenters. The van der Waals surface area contributed by atoms with Gasteiger partial charge in [0.1, 0.15) is 0 Å². The molecule has 26 heavy (non-hydrogen) atoms. The van der Waals surface area contributed by atoms with Gasteiger partial charge in [0, 0.05) is 43.8 Å². The first kappa shape index (κ1) is 18.8. The molecule has 2 aliphatic heterocycles. The number of nitrogens with one attached hydrogen (secondary N) is 1. The van der Waals surface area contributed by atoms with E-state index in [1.54, 1.807) is 6.07 Å². The number of hydrogen-bond acceptors (Lipinski definition) is 5. The molecule has 2 heterocycles. The van der Waals surface area contributed by atoms with Gasteiger partial charge in [-0.3, -0.25) is 9.59 Å². The summed E-state index contributed by atoms with van der Waals surface area (Å²) in [6.45, 7) is 5.55. The second-order valence-electron chi connectivity index (χ2n) is 7.16. The number of carbonyl (C=O) groups excluding carboxylic acids is 2. The summed E-state index contributed by atoms with van der Waals surface area (Å²) in [6.07, 6.45) is 0.130. The third-order valence-corrected chi connectivity index (χ3v) is 5.71. The van der Waals surface area contributed by atoms with Gasteiger partial charge in [-0.1, -0.05) is 6.07 Å². The summed E-state index contributed by atoms with van der Waals surface area (Å²) in [5.41, 5.74) is 0.443. The minimum atomic E-state index is -3.85. The summed E-state index contributed by atoms with van der Waals surface area (Å²) in [4.78, 5) is 28.5. The molecule has 0 spiro atoms. The van der Waals surface area contributed by atoms with Crippen molar-refractivity contribution in [1.82, 2.24) is 10.2 Å². The molecule has 9 heteroatoms. The first-order valence-electron chi connectivity index (χ1n) is 8.63. The third-order valence-electron chi connectivity index (χ3n) is 4.80. The Morgan fingerprint density at radius 1 is 1.19 bits per heavy atom. The summed E-state index contributed by atoms with van der Waals surface area (Å²) in [7, 11) is -3.85. The minimum Gasteiger partial charge on any atom is -0.339 e. The second-order valence-corrected chi connectivity index (χ2v) is 8.72. The number of sulfonamides is 1. The fraction of sp³-hybridized carbons (Fsp3) is 0.529. The predicted molar refractivity (Wildman–Crippen MR) is 96.9 cm³/mol. The van der Waals surface area contributed by atoms with Crippen molar-refractivity contribution in [1.29, 1.82) is 0 Å². The molecule has 3 rings (SSSR count). The zero-order chi connectivity index (χ0) is 19.1. The van der Waals surface area contributed by atoms with Crippen LogP contribution in [0.15, 0.2) is 29.2 Å². The fourth-order valence-corrected chi connectivity index (χ4v) is 4.27. The van der Waals surface area contributed by atoms with Crippen LogP contribution in [0.5, 0.6) is 0 Å². The van der Waals surface area contributed by atoms with Crippen LogP contribution in [-0.2, 0) is 19.6 Å². The number of hydrogen-bond donors (Lipinski definition) is 2. The van der Waals surface area contributed by atoms with E-state index in [2.05, 4.69) is 5.32 Å². The molecule has 0 radical (unpaired) electrons. The van der Waals surface area contributed by atoms with Crippen LogP contribution in [0.2, 0.25) is 0 Å². The van der Waals surface area contributed by atoms with E-state index in [0.717, 1.165) is 0 Å². The molecule has 0 aromatic heterocycles. The molecule has 142 valence electrons. The zero-order valence-electron chi connectivity index (χ0n) is 14.9. The van der Waals surface area contributed by atoms with Crippen LogP contribution in [0.4, 0.5) is 5.69 Å². The zero-order valence-corrected chi connectivity index (χ0v) is 15.7. The van der Waals surface area contributed by atoms with Gasteiger partial charge in [-0.25, -0.2) is 13.6 Å².